The Morgan fingerprint density at radius 3 is 3.14 bits per heavy atom. The van der Waals surface area contributed by atoms with Gasteiger partial charge in [-0.3, -0.25) is 4.79 Å². The lowest BCUT2D eigenvalue weighted by molar-refractivity contribution is -0.221. The van der Waals surface area contributed by atoms with Gasteiger partial charge < -0.3 is 14.2 Å². The van der Waals surface area contributed by atoms with Crippen LogP contribution in [0.15, 0.2) is 0 Å². The van der Waals surface area contributed by atoms with Crippen molar-refractivity contribution in [2.45, 2.75) is 30.8 Å². The van der Waals surface area contributed by atoms with Crippen LogP contribution in [0.4, 0.5) is 0 Å². The van der Waals surface area contributed by atoms with Crippen molar-refractivity contribution < 1.29 is 19.0 Å². The minimum Gasteiger partial charge on any atom is -0.361 e. The second kappa shape index (κ2) is 2.21. The summed E-state index contributed by atoms with van der Waals surface area (Å²) in [5.74, 6) is 1.29. The van der Waals surface area contributed by atoms with Gasteiger partial charge in [0.05, 0.1) is 12.7 Å². The highest BCUT2D eigenvalue weighted by Gasteiger charge is 2.69. The Balaban J connectivity index is 1.75. The number of rotatable bonds is 0. The van der Waals surface area contributed by atoms with Gasteiger partial charge in [0, 0.05) is 6.42 Å². The average Bonchev–Trinajstić information content (AvgIpc) is 2.71. The molecule has 4 nitrogen and oxygen atoms in total. The number of Topliss-reactive ketones (excluding diaryl/α,β-unsaturated/α-hetero) is 1. The highest BCUT2D eigenvalue weighted by atomic mass is 16.7. The largest absolute Gasteiger partial charge is 0.361 e. The fraction of sp³-hybridized carbons (Fsp3) is 0.900. The predicted molar refractivity (Wildman–Crippen MR) is 44.5 cm³/mol. The zero-order chi connectivity index (χ0) is 9.34. The summed E-state index contributed by atoms with van der Waals surface area (Å²) in [4.78, 5) is 11.3. The van der Waals surface area contributed by atoms with Crippen LogP contribution in [0.5, 0.6) is 0 Å². The molecule has 0 N–H and O–H groups in total. The molecule has 2 bridgehead atoms. The Kier molecular flexibility index (Phi) is 1.23. The molecule has 1 aliphatic carbocycles. The fourth-order valence-corrected chi connectivity index (χ4v) is 3.28. The molecule has 76 valence electrons. The second-order valence-electron chi connectivity index (χ2n) is 4.80. The summed E-state index contributed by atoms with van der Waals surface area (Å²) >= 11 is 0. The zero-order valence-electron chi connectivity index (χ0n) is 7.77. The molecule has 5 atom stereocenters. The van der Waals surface area contributed by atoms with Crippen LogP contribution in [-0.4, -0.2) is 37.0 Å². The van der Waals surface area contributed by atoms with Crippen molar-refractivity contribution in [1.82, 2.24) is 0 Å². The Labute approximate surface area is 81.5 Å². The third kappa shape index (κ3) is 0.745. The van der Waals surface area contributed by atoms with Crippen LogP contribution in [-0.2, 0) is 19.0 Å². The molecule has 2 unspecified atom stereocenters. The van der Waals surface area contributed by atoms with E-state index in [0.717, 1.165) is 6.42 Å². The summed E-state index contributed by atoms with van der Waals surface area (Å²) < 4.78 is 17.0. The van der Waals surface area contributed by atoms with Crippen molar-refractivity contribution in [3.63, 3.8) is 0 Å². The number of carbonyl (C=O) groups is 1. The summed E-state index contributed by atoms with van der Waals surface area (Å²) in [6.45, 7) is 0.933. The maximum Gasteiger partial charge on any atom is 0.187 e. The minimum absolute atomic E-state index is 0.188. The van der Waals surface area contributed by atoms with Crippen LogP contribution in [0.1, 0.15) is 12.8 Å². The molecule has 4 heteroatoms. The van der Waals surface area contributed by atoms with E-state index in [9.17, 15) is 4.79 Å². The minimum atomic E-state index is -0.408. The van der Waals surface area contributed by atoms with Crippen molar-refractivity contribution in [1.29, 1.82) is 0 Å². The van der Waals surface area contributed by atoms with Crippen LogP contribution < -0.4 is 0 Å². The van der Waals surface area contributed by atoms with Gasteiger partial charge in [0.1, 0.15) is 12.2 Å². The molecule has 14 heavy (non-hydrogen) atoms. The van der Waals surface area contributed by atoms with Crippen LogP contribution in [0.25, 0.3) is 0 Å². The lowest BCUT2D eigenvalue weighted by atomic mass is 9.89. The van der Waals surface area contributed by atoms with Crippen LogP contribution >= 0.6 is 0 Å². The van der Waals surface area contributed by atoms with Crippen molar-refractivity contribution >= 4 is 5.78 Å². The summed E-state index contributed by atoms with van der Waals surface area (Å²) in [7, 11) is 0. The number of ketones is 1. The Hall–Kier alpha value is -0.450. The number of carbonyl (C=O) groups excluding carboxylic acids is 1. The third-order valence-corrected chi connectivity index (χ3v) is 4.03. The standard InChI is InChI=1S/C10H12O4/c11-5-2-10(13-3-5)7-1-6(7)8-4-12-9(10)14-8/h6-9H,1-4H2/t6?,7?,8-,9-,10+/m1/s1. The molecular formula is C10H12O4. The summed E-state index contributed by atoms with van der Waals surface area (Å²) in [6, 6.07) is 0. The predicted octanol–water partition coefficient (Wildman–Crippen LogP) is 0.106. The molecule has 0 aromatic rings. The van der Waals surface area contributed by atoms with Gasteiger partial charge in [-0.2, -0.15) is 0 Å². The van der Waals surface area contributed by atoms with E-state index in [-0.39, 0.29) is 24.8 Å². The molecule has 1 spiro atoms. The first kappa shape index (κ1) is 7.79. The fourth-order valence-electron chi connectivity index (χ4n) is 3.28. The van der Waals surface area contributed by atoms with Gasteiger partial charge in [0.2, 0.25) is 0 Å². The van der Waals surface area contributed by atoms with Crippen LogP contribution in [0.3, 0.4) is 0 Å². The molecule has 0 aromatic heterocycles. The number of hydrogen-bond acceptors (Lipinski definition) is 4. The maximum atomic E-state index is 11.3. The molecule has 0 amide bonds. The quantitative estimate of drug-likeness (QED) is 0.551. The molecule has 3 aliphatic heterocycles. The van der Waals surface area contributed by atoms with E-state index in [1.807, 2.05) is 0 Å². The molecule has 4 rings (SSSR count). The van der Waals surface area contributed by atoms with Crippen LogP contribution in [0, 0.1) is 11.8 Å². The van der Waals surface area contributed by atoms with Gasteiger partial charge in [-0.25, -0.2) is 0 Å². The van der Waals surface area contributed by atoms with Gasteiger partial charge in [-0.15, -0.1) is 0 Å². The van der Waals surface area contributed by atoms with Crippen molar-refractivity contribution in [3.8, 4) is 0 Å². The molecule has 0 aromatic carbocycles. The van der Waals surface area contributed by atoms with Gasteiger partial charge in [-0.1, -0.05) is 0 Å². The molecule has 1 saturated carbocycles. The topological polar surface area (TPSA) is 44.8 Å². The molecule has 3 saturated heterocycles. The lowest BCUT2D eigenvalue weighted by Gasteiger charge is -2.35. The van der Waals surface area contributed by atoms with Crippen LogP contribution in [0.2, 0.25) is 0 Å². The SMILES string of the molecule is O=C1CO[C@@]2(C1)C1CC1[C@H]1CO[C@@H]2O1. The average molecular weight is 196 g/mol. The van der Waals surface area contributed by atoms with Crippen molar-refractivity contribution in [2.75, 3.05) is 13.2 Å². The molecule has 4 aliphatic rings. The van der Waals surface area contributed by atoms with Crippen molar-refractivity contribution in [2.24, 2.45) is 11.8 Å². The Morgan fingerprint density at radius 1 is 1.43 bits per heavy atom. The van der Waals surface area contributed by atoms with E-state index < -0.39 is 5.60 Å². The Bertz CT molecular complexity index is 315. The van der Waals surface area contributed by atoms with E-state index >= 15 is 0 Å². The highest BCUT2D eigenvalue weighted by molar-refractivity contribution is 5.83. The molecule has 4 fully saturated rings. The molecule has 3 heterocycles. The van der Waals surface area contributed by atoms with E-state index in [4.69, 9.17) is 14.2 Å². The lowest BCUT2D eigenvalue weighted by Crippen LogP contribution is -2.48. The van der Waals surface area contributed by atoms with Gasteiger partial charge >= 0.3 is 0 Å². The normalized spacial score (nSPS) is 59.3. The van der Waals surface area contributed by atoms with E-state index in [1.165, 1.54) is 0 Å². The third-order valence-electron chi connectivity index (χ3n) is 4.03. The summed E-state index contributed by atoms with van der Waals surface area (Å²) in [5, 5.41) is 0. The maximum absolute atomic E-state index is 11.3. The van der Waals surface area contributed by atoms with E-state index in [0.29, 0.717) is 24.9 Å². The highest BCUT2D eigenvalue weighted by Crippen LogP contribution is 2.61. The first-order valence-corrected chi connectivity index (χ1v) is 5.22. The zero-order valence-corrected chi connectivity index (χ0v) is 7.77. The second-order valence-corrected chi connectivity index (χ2v) is 4.80. The van der Waals surface area contributed by atoms with Gasteiger partial charge in [0.25, 0.3) is 0 Å². The molecule has 0 radical (unpaired) electrons. The summed E-state index contributed by atoms with van der Waals surface area (Å²) in [5.41, 5.74) is -0.408. The first-order valence-electron chi connectivity index (χ1n) is 5.22. The van der Waals surface area contributed by atoms with Gasteiger partial charge in [0.15, 0.2) is 12.1 Å². The van der Waals surface area contributed by atoms with E-state index in [2.05, 4.69) is 0 Å². The Morgan fingerprint density at radius 2 is 2.36 bits per heavy atom. The number of fused-ring (bicyclic) bond motifs is 6. The number of ether oxygens (including phenoxy) is 3. The summed E-state index contributed by atoms with van der Waals surface area (Å²) in [6.07, 6.45) is 1.64. The smallest absolute Gasteiger partial charge is 0.187 e. The first-order chi connectivity index (χ1) is 6.79. The monoisotopic (exact) mass is 196 g/mol. The van der Waals surface area contributed by atoms with E-state index in [1.54, 1.807) is 0 Å². The van der Waals surface area contributed by atoms with Crippen molar-refractivity contribution in [3.05, 3.63) is 0 Å². The van der Waals surface area contributed by atoms with Gasteiger partial charge in [-0.05, 0) is 18.3 Å². The number of hydrogen-bond donors (Lipinski definition) is 0. The molecular weight excluding hydrogens is 184 g/mol.